The molecule has 1 unspecified atom stereocenters. The first-order valence-electron chi connectivity index (χ1n) is 9.66. The minimum atomic E-state index is -0.612. The fourth-order valence-corrected chi connectivity index (χ4v) is 3.49. The minimum absolute atomic E-state index is 0.0165. The molecular formula is C19H28N6O2. The highest BCUT2D eigenvalue weighted by Gasteiger charge is 2.27. The van der Waals surface area contributed by atoms with Gasteiger partial charge in [-0.15, -0.1) is 0 Å². The minimum Gasteiger partial charge on any atom is -0.352 e. The lowest BCUT2D eigenvalue weighted by atomic mass is 9.88. The van der Waals surface area contributed by atoms with Crippen LogP contribution in [0.1, 0.15) is 43.4 Å². The summed E-state index contributed by atoms with van der Waals surface area (Å²) in [5, 5.41) is 10.1. The second-order valence-corrected chi connectivity index (χ2v) is 7.25. The van der Waals surface area contributed by atoms with Crippen LogP contribution in [0, 0.1) is 12.8 Å². The molecule has 2 amide bonds. The molecule has 1 aliphatic rings. The molecule has 0 radical (unpaired) electrons. The third-order valence-corrected chi connectivity index (χ3v) is 4.99. The Morgan fingerprint density at radius 3 is 2.78 bits per heavy atom. The average Bonchev–Trinajstić information content (AvgIpc) is 3.33. The van der Waals surface area contributed by atoms with E-state index in [2.05, 4.69) is 25.7 Å². The molecular weight excluding hydrogens is 344 g/mol. The summed E-state index contributed by atoms with van der Waals surface area (Å²) < 4.78 is 1.79. The quantitative estimate of drug-likeness (QED) is 0.650. The van der Waals surface area contributed by atoms with E-state index in [9.17, 15) is 9.59 Å². The van der Waals surface area contributed by atoms with Crippen LogP contribution in [0.5, 0.6) is 0 Å². The number of nitrogens with one attached hydrogen (secondary N) is 3. The maximum Gasteiger partial charge on any atom is 0.243 e. The van der Waals surface area contributed by atoms with E-state index in [1.54, 1.807) is 23.4 Å². The van der Waals surface area contributed by atoms with Crippen molar-refractivity contribution in [1.82, 2.24) is 30.4 Å². The van der Waals surface area contributed by atoms with Crippen LogP contribution in [0.25, 0.3) is 0 Å². The highest BCUT2D eigenvalue weighted by atomic mass is 16.2. The molecule has 2 aromatic heterocycles. The molecule has 2 aromatic rings. The molecule has 0 spiro atoms. The topological polar surface area (TPSA) is 105 Å². The van der Waals surface area contributed by atoms with Gasteiger partial charge in [-0.3, -0.25) is 14.3 Å². The van der Waals surface area contributed by atoms with Gasteiger partial charge in [-0.2, -0.15) is 5.10 Å². The number of amides is 2. The Morgan fingerprint density at radius 1 is 1.30 bits per heavy atom. The van der Waals surface area contributed by atoms with Crippen molar-refractivity contribution in [1.29, 1.82) is 0 Å². The lowest BCUT2D eigenvalue weighted by Crippen LogP contribution is -2.50. The van der Waals surface area contributed by atoms with Crippen LogP contribution in [-0.4, -0.2) is 44.1 Å². The fraction of sp³-hybridized carbons (Fsp3) is 0.579. The van der Waals surface area contributed by atoms with Gasteiger partial charge in [0.25, 0.3) is 0 Å². The largest absolute Gasteiger partial charge is 0.352 e. The van der Waals surface area contributed by atoms with Crippen LogP contribution in [0.3, 0.4) is 0 Å². The first-order chi connectivity index (χ1) is 13.1. The number of imidazole rings is 1. The van der Waals surface area contributed by atoms with Gasteiger partial charge in [0.2, 0.25) is 11.8 Å². The summed E-state index contributed by atoms with van der Waals surface area (Å²) in [4.78, 5) is 32.3. The molecule has 0 bridgehead atoms. The van der Waals surface area contributed by atoms with E-state index in [-0.39, 0.29) is 17.7 Å². The van der Waals surface area contributed by atoms with Crippen LogP contribution in [0.4, 0.5) is 0 Å². The fourth-order valence-electron chi connectivity index (χ4n) is 3.49. The second-order valence-electron chi connectivity index (χ2n) is 7.25. The van der Waals surface area contributed by atoms with Crippen LogP contribution in [0.2, 0.25) is 0 Å². The number of aryl methyl sites for hydroxylation is 1. The third kappa shape index (κ3) is 5.67. The summed E-state index contributed by atoms with van der Waals surface area (Å²) in [7, 11) is 0. The van der Waals surface area contributed by atoms with Crippen LogP contribution < -0.4 is 10.6 Å². The Labute approximate surface area is 159 Å². The Kier molecular flexibility index (Phi) is 6.62. The van der Waals surface area contributed by atoms with Crippen molar-refractivity contribution in [2.75, 3.05) is 6.54 Å². The van der Waals surface area contributed by atoms with Crippen molar-refractivity contribution < 1.29 is 9.59 Å². The molecule has 146 valence electrons. The molecule has 0 aromatic carbocycles. The number of hydrogen-bond donors (Lipinski definition) is 3. The van der Waals surface area contributed by atoms with E-state index < -0.39 is 6.04 Å². The van der Waals surface area contributed by atoms with E-state index in [0.29, 0.717) is 19.5 Å². The highest BCUT2D eigenvalue weighted by molar-refractivity contribution is 5.88. The zero-order valence-corrected chi connectivity index (χ0v) is 15.8. The monoisotopic (exact) mass is 372 g/mol. The predicted molar refractivity (Wildman–Crippen MR) is 101 cm³/mol. The Morgan fingerprint density at radius 2 is 2.11 bits per heavy atom. The predicted octanol–water partition coefficient (Wildman–Crippen LogP) is 1.34. The first-order valence-corrected chi connectivity index (χ1v) is 9.66. The standard InChI is InChI=1S/C19H28N6O2/c1-14-10-23-25(12-14)8-7-21-19(27)17(9-16-11-20-13-22-16)24-18(26)15-5-3-2-4-6-15/h10-13,15,17H,2-9H2,1H3,(H,20,22)(H,21,27)(H,24,26). The maximum atomic E-state index is 12.7. The van der Waals surface area contributed by atoms with E-state index in [4.69, 9.17) is 0 Å². The number of carbonyl (C=O) groups is 2. The van der Waals surface area contributed by atoms with Gasteiger partial charge in [-0.25, -0.2) is 4.98 Å². The summed E-state index contributed by atoms with van der Waals surface area (Å²) in [6, 6.07) is -0.612. The lowest BCUT2D eigenvalue weighted by molar-refractivity contribution is -0.131. The van der Waals surface area contributed by atoms with E-state index in [0.717, 1.165) is 36.9 Å². The van der Waals surface area contributed by atoms with Gasteiger partial charge < -0.3 is 15.6 Å². The zero-order chi connectivity index (χ0) is 19.1. The Balaban J connectivity index is 1.56. The number of aromatic nitrogens is 4. The molecule has 8 nitrogen and oxygen atoms in total. The van der Waals surface area contributed by atoms with Crippen LogP contribution in [0.15, 0.2) is 24.9 Å². The van der Waals surface area contributed by atoms with E-state index >= 15 is 0 Å². The summed E-state index contributed by atoms with van der Waals surface area (Å²) in [6.45, 7) is 3.02. The molecule has 1 fully saturated rings. The van der Waals surface area contributed by atoms with Gasteiger partial charge in [-0.1, -0.05) is 19.3 Å². The Hall–Kier alpha value is -2.64. The van der Waals surface area contributed by atoms with Crippen LogP contribution >= 0.6 is 0 Å². The number of aromatic amines is 1. The third-order valence-electron chi connectivity index (χ3n) is 4.99. The van der Waals surface area contributed by atoms with Crippen molar-refractivity contribution in [3.05, 3.63) is 36.2 Å². The Bertz CT molecular complexity index is 733. The van der Waals surface area contributed by atoms with E-state index in [1.807, 2.05) is 13.1 Å². The molecule has 0 saturated heterocycles. The SMILES string of the molecule is Cc1cnn(CCNC(=O)C(Cc2cnc[nH]2)NC(=O)C2CCCCC2)c1. The normalized spacial score (nSPS) is 16.0. The van der Waals surface area contributed by atoms with Gasteiger partial charge in [-0.05, 0) is 25.3 Å². The lowest BCUT2D eigenvalue weighted by Gasteiger charge is -2.24. The smallest absolute Gasteiger partial charge is 0.243 e. The molecule has 0 aliphatic heterocycles. The van der Waals surface area contributed by atoms with Crippen LogP contribution in [-0.2, 0) is 22.6 Å². The van der Waals surface area contributed by atoms with Crippen molar-refractivity contribution in [2.24, 2.45) is 5.92 Å². The zero-order valence-electron chi connectivity index (χ0n) is 15.8. The number of hydrogen-bond acceptors (Lipinski definition) is 4. The molecule has 1 aliphatic carbocycles. The first kappa shape index (κ1) is 19.1. The number of H-pyrrole nitrogens is 1. The number of nitrogens with zero attached hydrogens (tertiary/aromatic N) is 3. The van der Waals surface area contributed by atoms with E-state index in [1.165, 1.54) is 6.42 Å². The van der Waals surface area contributed by atoms with Crippen molar-refractivity contribution in [2.45, 2.75) is 58.0 Å². The summed E-state index contributed by atoms with van der Waals surface area (Å²) in [5.74, 6) is -0.183. The molecule has 1 saturated carbocycles. The maximum absolute atomic E-state index is 12.7. The van der Waals surface area contributed by atoms with Crippen molar-refractivity contribution in [3.63, 3.8) is 0 Å². The molecule has 3 rings (SSSR count). The highest BCUT2D eigenvalue weighted by Crippen LogP contribution is 2.23. The van der Waals surface area contributed by atoms with Gasteiger partial charge in [0, 0.05) is 37.0 Å². The number of carbonyl (C=O) groups excluding carboxylic acids is 2. The summed E-state index contributed by atoms with van der Waals surface area (Å²) in [6.07, 6.45) is 12.5. The molecule has 8 heteroatoms. The molecule has 1 atom stereocenters. The van der Waals surface area contributed by atoms with Gasteiger partial charge in [0.1, 0.15) is 6.04 Å². The van der Waals surface area contributed by atoms with Gasteiger partial charge in [0.15, 0.2) is 0 Å². The summed E-state index contributed by atoms with van der Waals surface area (Å²) >= 11 is 0. The molecule has 3 N–H and O–H groups in total. The van der Waals surface area contributed by atoms with Crippen molar-refractivity contribution in [3.8, 4) is 0 Å². The average molecular weight is 372 g/mol. The molecule has 2 heterocycles. The van der Waals surface area contributed by atoms with Crippen molar-refractivity contribution >= 4 is 11.8 Å². The summed E-state index contributed by atoms with van der Waals surface area (Å²) in [5.41, 5.74) is 1.90. The number of rotatable bonds is 8. The molecule has 27 heavy (non-hydrogen) atoms. The second kappa shape index (κ2) is 9.34. The van der Waals surface area contributed by atoms with Gasteiger partial charge in [0.05, 0.1) is 19.1 Å². The van der Waals surface area contributed by atoms with Gasteiger partial charge >= 0.3 is 0 Å².